The van der Waals surface area contributed by atoms with Gasteiger partial charge in [0.2, 0.25) is 5.91 Å². The van der Waals surface area contributed by atoms with E-state index >= 15 is 0 Å². The van der Waals surface area contributed by atoms with Crippen molar-refractivity contribution in [1.29, 1.82) is 0 Å². The highest BCUT2D eigenvalue weighted by Crippen LogP contribution is 2.19. The predicted molar refractivity (Wildman–Crippen MR) is 102 cm³/mol. The molecule has 1 amide bonds. The van der Waals surface area contributed by atoms with Gasteiger partial charge in [0.1, 0.15) is 11.5 Å². The number of benzene rings is 2. The second kappa shape index (κ2) is 9.57. The van der Waals surface area contributed by atoms with Gasteiger partial charge in [-0.1, -0.05) is 13.0 Å². The van der Waals surface area contributed by atoms with Crippen LogP contribution in [0.5, 0.6) is 11.5 Å². The molecule has 5 nitrogen and oxygen atoms in total. The number of rotatable bonds is 9. The van der Waals surface area contributed by atoms with Crippen molar-refractivity contribution in [3.63, 3.8) is 0 Å². The lowest BCUT2D eigenvalue weighted by molar-refractivity contribution is -0.114. The van der Waals surface area contributed by atoms with Crippen LogP contribution in [-0.4, -0.2) is 25.2 Å². The number of carbonyl (C=O) groups excluding carboxylic acids is 1. The molecule has 0 aliphatic rings. The fourth-order valence-electron chi connectivity index (χ4n) is 2.20. The first-order chi connectivity index (χ1) is 12.1. The van der Waals surface area contributed by atoms with Crippen molar-refractivity contribution in [1.82, 2.24) is 0 Å². The molecule has 0 aliphatic carbocycles. The maximum Gasteiger partial charge on any atom is 0.243 e. The molecular formula is C20H26N2O3. The maximum atomic E-state index is 12.1. The van der Waals surface area contributed by atoms with Gasteiger partial charge in [-0.15, -0.1) is 0 Å². The number of hydrogen-bond acceptors (Lipinski definition) is 4. The van der Waals surface area contributed by atoms with Gasteiger partial charge >= 0.3 is 0 Å². The highest BCUT2D eigenvalue weighted by Gasteiger charge is 2.05. The molecule has 134 valence electrons. The lowest BCUT2D eigenvalue weighted by Gasteiger charge is -2.12. The SMILES string of the molecule is CCCOc1ccc(NCC(=O)Nc2cccc(OC(C)C)c2)cc1. The largest absolute Gasteiger partial charge is 0.494 e. The summed E-state index contributed by atoms with van der Waals surface area (Å²) in [5, 5.41) is 5.95. The van der Waals surface area contributed by atoms with E-state index in [0.29, 0.717) is 12.3 Å². The molecule has 0 bridgehead atoms. The third kappa shape index (κ3) is 6.75. The second-order valence-electron chi connectivity index (χ2n) is 5.97. The molecule has 0 atom stereocenters. The van der Waals surface area contributed by atoms with Gasteiger partial charge in [0.05, 0.1) is 19.3 Å². The summed E-state index contributed by atoms with van der Waals surface area (Å²) < 4.78 is 11.2. The summed E-state index contributed by atoms with van der Waals surface area (Å²) >= 11 is 0. The van der Waals surface area contributed by atoms with Crippen molar-refractivity contribution in [2.45, 2.75) is 33.3 Å². The van der Waals surface area contributed by atoms with Crippen molar-refractivity contribution < 1.29 is 14.3 Å². The Bertz CT molecular complexity index is 669. The minimum absolute atomic E-state index is 0.0943. The first-order valence-corrected chi connectivity index (χ1v) is 8.60. The molecule has 0 radical (unpaired) electrons. The number of ether oxygens (including phenoxy) is 2. The second-order valence-corrected chi connectivity index (χ2v) is 5.97. The van der Waals surface area contributed by atoms with Gasteiger partial charge in [0.15, 0.2) is 0 Å². The predicted octanol–water partition coefficient (Wildman–Crippen LogP) is 4.31. The lowest BCUT2D eigenvalue weighted by Crippen LogP contribution is -2.21. The first-order valence-electron chi connectivity index (χ1n) is 8.60. The number of amides is 1. The summed E-state index contributed by atoms with van der Waals surface area (Å²) in [4.78, 5) is 12.1. The normalized spacial score (nSPS) is 10.4. The molecule has 0 saturated carbocycles. The van der Waals surface area contributed by atoms with Crippen LogP contribution < -0.4 is 20.1 Å². The van der Waals surface area contributed by atoms with Gasteiger partial charge in [-0.05, 0) is 56.7 Å². The third-order valence-corrected chi connectivity index (χ3v) is 3.27. The average Bonchev–Trinajstić information content (AvgIpc) is 2.59. The summed E-state index contributed by atoms with van der Waals surface area (Å²) in [5.74, 6) is 1.45. The van der Waals surface area contributed by atoms with Crippen LogP contribution in [0.2, 0.25) is 0 Å². The van der Waals surface area contributed by atoms with Crippen molar-refractivity contribution in [2.24, 2.45) is 0 Å². The highest BCUT2D eigenvalue weighted by atomic mass is 16.5. The van der Waals surface area contributed by atoms with Crippen LogP contribution in [0.1, 0.15) is 27.2 Å². The molecule has 2 N–H and O–H groups in total. The molecule has 0 saturated heterocycles. The van der Waals surface area contributed by atoms with Crippen LogP contribution in [0.15, 0.2) is 48.5 Å². The minimum atomic E-state index is -0.118. The van der Waals surface area contributed by atoms with Gasteiger partial charge < -0.3 is 20.1 Å². The summed E-state index contributed by atoms with van der Waals surface area (Å²) in [6.07, 6.45) is 1.07. The molecule has 2 aromatic rings. The molecule has 0 spiro atoms. The summed E-state index contributed by atoms with van der Waals surface area (Å²) in [7, 11) is 0. The van der Waals surface area contributed by atoms with E-state index in [0.717, 1.165) is 23.6 Å². The maximum absolute atomic E-state index is 12.1. The molecule has 5 heteroatoms. The van der Waals surface area contributed by atoms with E-state index in [9.17, 15) is 4.79 Å². The Morgan fingerprint density at radius 2 is 1.80 bits per heavy atom. The van der Waals surface area contributed by atoms with E-state index < -0.39 is 0 Å². The number of carbonyl (C=O) groups is 1. The number of hydrogen-bond donors (Lipinski definition) is 2. The number of nitrogens with one attached hydrogen (secondary N) is 2. The Labute approximate surface area is 149 Å². The van der Waals surface area contributed by atoms with Crippen LogP contribution >= 0.6 is 0 Å². The molecule has 0 fully saturated rings. The average molecular weight is 342 g/mol. The van der Waals surface area contributed by atoms with Crippen LogP contribution in [0.3, 0.4) is 0 Å². The summed E-state index contributed by atoms with van der Waals surface area (Å²) in [6, 6.07) is 15.0. The van der Waals surface area contributed by atoms with E-state index in [1.165, 1.54) is 0 Å². The smallest absolute Gasteiger partial charge is 0.243 e. The zero-order valence-corrected chi connectivity index (χ0v) is 15.0. The van der Waals surface area contributed by atoms with Crippen LogP contribution in [0, 0.1) is 0 Å². The van der Waals surface area contributed by atoms with E-state index in [2.05, 4.69) is 17.6 Å². The monoisotopic (exact) mass is 342 g/mol. The Morgan fingerprint density at radius 1 is 1.04 bits per heavy atom. The number of anilines is 2. The standard InChI is InChI=1S/C20H26N2O3/c1-4-12-24-18-10-8-16(9-11-18)21-14-20(23)22-17-6-5-7-19(13-17)25-15(2)3/h5-11,13,15,21H,4,12,14H2,1-3H3,(H,22,23). The molecule has 0 aromatic heterocycles. The first kappa shape index (κ1) is 18.6. The van der Waals surface area contributed by atoms with Gasteiger partial charge in [0, 0.05) is 17.4 Å². The van der Waals surface area contributed by atoms with Gasteiger partial charge in [-0.3, -0.25) is 4.79 Å². The van der Waals surface area contributed by atoms with Crippen LogP contribution in [-0.2, 0) is 4.79 Å². The van der Waals surface area contributed by atoms with Crippen molar-refractivity contribution in [3.05, 3.63) is 48.5 Å². The zero-order valence-electron chi connectivity index (χ0n) is 15.0. The zero-order chi connectivity index (χ0) is 18.1. The Kier molecular flexibility index (Phi) is 7.14. The van der Waals surface area contributed by atoms with E-state index in [-0.39, 0.29) is 18.6 Å². The van der Waals surface area contributed by atoms with E-state index in [4.69, 9.17) is 9.47 Å². The minimum Gasteiger partial charge on any atom is -0.494 e. The van der Waals surface area contributed by atoms with Crippen LogP contribution in [0.25, 0.3) is 0 Å². The van der Waals surface area contributed by atoms with Gasteiger partial charge in [-0.2, -0.15) is 0 Å². The van der Waals surface area contributed by atoms with Gasteiger partial charge in [0.25, 0.3) is 0 Å². The Balaban J connectivity index is 1.82. The van der Waals surface area contributed by atoms with Crippen molar-refractivity contribution in [2.75, 3.05) is 23.8 Å². The van der Waals surface area contributed by atoms with Crippen molar-refractivity contribution >= 4 is 17.3 Å². The summed E-state index contributed by atoms with van der Waals surface area (Å²) in [6.45, 7) is 6.89. The quantitative estimate of drug-likeness (QED) is 0.713. The van der Waals surface area contributed by atoms with Gasteiger partial charge in [-0.25, -0.2) is 0 Å². The van der Waals surface area contributed by atoms with Crippen molar-refractivity contribution in [3.8, 4) is 11.5 Å². The molecule has 25 heavy (non-hydrogen) atoms. The van der Waals surface area contributed by atoms with E-state index in [1.54, 1.807) is 0 Å². The molecule has 0 unspecified atom stereocenters. The molecule has 2 rings (SSSR count). The topological polar surface area (TPSA) is 59.6 Å². The van der Waals surface area contributed by atoms with E-state index in [1.807, 2.05) is 62.4 Å². The molecule has 0 heterocycles. The highest BCUT2D eigenvalue weighted by molar-refractivity contribution is 5.93. The fraction of sp³-hybridized carbons (Fsp3) is 0.350. The molecule has 0 aliphatic heterocycles. The van der Waals surface area contributed by atoms with Crippen LogP contribution in [0.4, 0.5) is 11.4 Å². The Hall–Kier alpha value is -2.69. The molecule has 2 aromatic carbocycles. The Morgan fingerprint density at radius 3 is 2.48 bits per heavy atom. The lowest BCUT2D eigenvalue weighted by atomic mass is 10.3. The molecular weight excluding hydrogens is 316 g/mol. The summed E-state index contributed by atoms with van der Waals surface area (Å²) in [5.41, 5.74) is 1.59. The fourth-order valence-corrected chi connectivity index (χ4v) is 2.20. The third-order valence-electron chi connectivity index (χ3n) is 3.27.